The highest BCUT2D eigenvalue weighted by Crippen LogP contribution is 2.54. The number of ether oxygens (including phenoxy) is 1. The summed E-state index contributed by atoms with van der Waals surface area (Å²) in [5.74, 6) is 1.49. The van der Waals surface area contributed by atoms with Crippen LogP contribution in [0.5, 0.6) is 11.8 Å². The first-order chi connectivity index (χ1) is 16.8. The molecule has 0 spiro atoms. The van der Waals surface area contributed by atoms with E-state index >= 15 is 0 Å². The predicted molar refractivity (Wildman–Crippen MR) is 129 cm³/mol. The Labute approximate surface area is 202 Å². The van der Waals surface area contributed by atoms with Crippen LogP contribution in [0.4, 0.5) is 15.9 Å². The van der Waals surface area contributed by atoms with Crippen molar-refractivity contribution in [1.82, 2.24) is 19.9 Å². The molecule has 1 saturated carbocycles. The molecule has 4 N–H and O–H groups in total. The van der Waals surface area contributed by atoms with Crippen molar-refractivity contribution >= 4 is 11.5 Å². The molecule has 2 fully saturated rings. The maximum atomic E-state index is 14.5. The van der Waals surface area contributed by atoms with E-state index in [1.807, 2.05) is 0 Å². The van der Waals surface area contributed by atoms with Crippen LogP contribution in [0.25, 0.3) is 11.1 Å². The molecule has 35 heavy (non-hydrogen) atoms. The molecule has 10 heteroatoms. The number of nitrogens with zero attached hydrogens (tertiary/aromatic N) is 5. The van der Waals surface area contributed by atoms with E-state index in [1.165, 1.54) is 18.5 Å². The van der Waals surface area contributed by atoms with Crippen molar-refractivity contribution < 1.29 is 14.2 Å². The quantitative estimate of drug-likeness (QED) is 0.398. The SMILES string of the molecule is CNc1cc(F)cc2c1Cc1nc(Oc3cnc(C(C)O)nc3)nc(N3C[C@@H]4[C@H](N)C[C@]4(C)C3)c1-2. The lowest BCUT2D eigenvalue weighted by Crippen LogP contribution is -2.53. The maximum absolute atomic E-state index is 14.5. The Balaban J connectivity index is 1.43. The van der Waals surface area contributed by atoms with E-state index in [-0.39, 0.29) is 23.3 Å². The standard InChI is InChI=1S/C25H28FN7O2/c1-12(34)22-29-8-14(9-30-22)35-24-31-20-6-15-16(4-13(26)5-19(15)28-3)21(20)23(32-24)33-10-17-18(27)7-25(17,2)11-33/h4-5,8-9,12,17-18,28,34H,6-7,10-11,27H2,1-3H3/t12?,17-,18-,25-/m1/s1. The average molecular weight is 478 g/mol. The number of halogens is 1. The normalized spacial score (nSPS) is 24.9. The van der Waals surface area contributed by atoms with Gasteiger partial charge in [0.1, 0.15) is 17.7 Å². The van der Waals surface area contributed by atoms with Crippen LogP contribution in [-0.2, 0) is 6.42 Å². The van der Waals surface area contributed by atoms with E-state index in [1.54, 1.807) is 20.0 Å². The topological polar surface area (TPSA) is 122 Å². The number of aliphatic hydroxyl groups excluding tert-OH is 1. The number of rotatable bonds is 5. The Bertz CT molecular complexity index is 1320. The Kier molecular flexibility index (Phi) is 4.94. The highest BCUT2D eigenvalue weighted by molar-refractivity contribution is 5.88. The van der Waals surface area contributed by atoms with Crippen LogP contribution in [0.2, 0.25) is 0 Å². The van der Waals surface area contributed by atoms with Crippen molar-refractivity contribution in [2.45, 2.75) is 38.8 Å². The van der Waals surface area contributed by atoms with Gasteiger partial charge in [-0.25, -0.2) is 14.4 Å². The van der Waals surface area contributed by atoms with Gasteiger partial charge in [0.05, 0.1) is 18.1 Å². The summed E-state index contributed by atoms with van der Waals surface area (Å²) in [5.41, 5.74) is 10.6. The Morgan fingerprint density at radius 3 is 2.71 bits per heavy atom. The van der Waals surface area contributed by atoms with E-state index in [0.29, 0.717) is 23.9 Å². The first kappa shape index (κ1) is 22.1. The molecular weight excluding hydrogens is 449 g/mol. The van der Waals surface area contributed by atoms with Gasteiger partial charge in [-0.05, 0) is 47.9 Å². The van der Waals surface area contributed by atoms with Gasteiger partial charge in [-0.3, -0.25) is 0 Å². The number of nitrogens with two attached hydrogens (primary N) is 1. The summed E-state index contributed by atoms with van der Waals surface area (Å²) in [6, 6.07) is 3.43. The Hall–Kier alpha value is -3.37. The van der Waals surface area contributed by atoms with Gasteiger partial charge in [-0.15, -0.1) is 0 Å². The van der Waals surface area contributed by atoms with E-state index in [2.05, 4.69) is 27.1 Å². The summed E-state index contributed by atoms with van der Waals surface area (Å²) in [7, 11) is 1.79. The van der Waals surface area contributed by atoms with Gasteiger partial charge in [-0.1, -0.05) is 6.92 Å². The number of anilines is 2. The van der Waals surface area contributed by atoms with Crippen molar-refractivity contribution in [3.63, 3.8) is 0 Å². The lowest BCUT2D eigenvalue weighted by atomic mass is 9.60. The molecule has 182 valence electrons. The first-order valence-electron chi connectivity index (χ1n) is 11.9. The van der Waals surface area contributed by atoms with Crippen LogP contribution in [0.1, 0.15) is 43.5 Å². The lowest BCUT2D eigenvalue weighted by molar-refractivity contribution is 0.0771. The highest BCUT2D eigenvalue weighted by Gasteiger charge is 2.55. The number of aromatic nitrogens is 4. The summed E-state index contributed by atoms with van der Waals surface area (Å²) < 4.78 is 20.5. The summed E-state index contributed by atoms with van der Waals surface area (Å²) in [5, 5.41) is 12.8. The summed E-state index contributed by atoms with van der Waals surface area (Å²) >= 11 is 0. The third-order valence-corrected chi connectivity index (χ3v) is 7.66. The van der Waals surface area contributed by atoms with Gasteiger partial charge in [0.25, 0.3) is 0 Å². The molecule has 3 aromatic rings. The van der Waals surface area contributed by atoms with Gasteiger partial charge < -0.3 is 25.8 Å². The van der Waals surface area contributed by atoms with Gasteiger partial charge in [0, 0.05) is 43.9 Å². The number of benzene rings is 1. The molecule has 0 radical (unpaired) electrons. The zero-order valence-electron chi connectivity index (χ0n) is 19.9. The van der Waals surface area contributed by atoms with Crippen LogP contribution in [0.3, 0.4) is 0 Å². The number of aliphatic hydroxyl groups is 1. The number of hydrogen-bond donors (Lipinski definition) is 3. The monoisotopic (exact) mass is 477 g/mol. The lowest BCUT2D eigenvalue weighted by Gasteiger charge is -2.46. The second-order valence-corrected chi connectivity index (χ2v) is 10.1. The predicted octanol–water partition coefficient (Wildman–Crippen LogP) is 3.04. The third-order valence-electron chi connectivity index (χ3n) is 7.66. The smallest absolute Gasteiger partial charge is 0.324 e. The molecule has 2 aliphatic carbocycles. The first-order valence-corrected chi connectivity index (χ1v) is 11.9. The van der Waals surface area contributed by atoms with Crippen LogP contribution in [-0.4, -0.2) is 51.2 Å². The molecule has 4 atom stereocenters. The summed E-state index contributed by atoms with van der Waals surface area (Å²) in [4.78, 5) is 20.1. The zero-order valence-corrected chi connectivity index (χ0v) is 19.9. The minimum Gasteiger partial charge on any atom is -0.421 e. The molecule has 0 bridgehead atoms. The van der Waals surface area contributed by atoms with E-state index in [9.17, 15) is 9.50 Å². The van der Waals surface area contributed by atoms with Crippen LogP contribution in [0.15, 0.2) is 24.5 Å². The molecular formula is C25H28FN7O2. The summed E-state index contributed by atoms with van der Waals surface area (Å²) in [6.45, 7) is 5.48. The van der Waals surface area contributed by atoms with Gasteiger partial charge in [-0.2, -0.15) is 9.97 Å². The van der Waals surface area contributed by atoms with Crippen molar-refractivity contribution in [2.75, 3.05) is 30.4 Å². The minimum absolute atomic E-state index is 0.141. The van der Waals surface area contributed by atoms with Crippen LogP contribution < -0.4 is 20.7 Å². The molecule has 0 amide bonds. The number of hydrogen-bond acceptors (Lipinski definition) is 9. The average Bonchev–Trinajstić information content (AvgIpc) is 3.32. The van der Waals surface area contributed by atoms with Crippen LogP contribution >= 0.6 is 0 Å². The van der Waals surface area contributed by atoms with Gasteiger partial charge in [0.15, 0.2) is 11.6 Å². The fraction of sp³-hybridized carbons (Fsp3) is 0.440. The Morgan fingerprint density at radius 2 is 2.06 bits per heavy atom. The second-order valence-electron chi connectivity index (χ2n) is 10.1. The van der Waals surface area contributed by atoms with Gasteiger partial charge >= 0.3 is 6.01 Å². The molecule has 6 rings (SSSR count). The highest BCUT2D eigenvalue weighted by atomic mass is 19.1. The fourth-order valence-electron chi connectivity index (χ4n) is 5.92. The molecule has 3 heterocycles. The van der Waals surface area contributed by atoms with E-state index < -0.39 is 6.10 Å². The molecule has 1 aliphatic heterocycles. The number of nitrogens with one attached hydrogen (secondary N) is 1. The van der Waals surface area contributed by atoms with Crippen molar-refractivity contribution in [3.05, 3.63) is 47.4 Å². The summed E-state index contributed by atoms with van der Waals surface area (Å²) in [6.07, 6.45) is 3.73. The van der Waals surface area contributed by atoms with Crippen molar-refractivity contribution in [2.24, 2.45) is 17.1 Å². The largest absolute Gasteiger partial charge is 0.421 e. The molecule has 1 saturated heterocycles. The second kappa shape index (κ2) is 7.82. The fourth-order valence-corrected chi connectivity index (χ4v) is 5.92. The zero-order chi connectivity index (χ0) is 24.5. The van der Waals surface area contributed by atoms with Gasteiger partial charge in [0.2, 0.25) is 0 Å². The molecule has 2 aromatic heterocycles. The van der Waals surface area contributed by atoms with Crippen molar-refractivity contribution in [1.29, 1.82) is 0 Å². The van der Waals surface area contributed by atoms with E-state index in [0.717, 1.165) is 53.4 Å². The van der Waals surface area contributed by atoms with Crippen LogP contribution in [0, 0.1) is 17.2 Å². The van der Waals surface area contributed by atoms with Crippen molar-refractivity contribution in [3.8, 4) is 22.9 Å². The third kappa shape index (κ3) is 3.51. The molecule has 9 nitrogen and oxygen atoms in total. The molecule has 1 aromatic carbocycles. The number of fused-ring (bicyclic) bond motifs is 4. The maximum Gasteiger partial charge on any atom is 0.324 e. The molecule has 3 aliphatic rings. The minimum atomic E-state index is -0.773. The van der Waals surface area contributed by atoms with E-state index in [4.69, 9.17) is 20.4 Å². The Morgan fingerprint density at radius 1 is 1.29 bits per heavy atom. The molecule has 1 unspecified atom stereocenters.